The number of nitrogens with one attached hydrogen (secondary N) is 1. The normalized spacial score (nSPS) is 15.4. The third kappa shape index (κ3) is 1.82. The zero-order valence-corrected chi connectivity index (χ0v) is 14.6. The summed E-state index contributed by atoms with van der Waals surface area (Å²) in [5.41, 5.74) is 3.59. The minimum absolute atomic E-state index is 0.0868. The smallest absolute Gasteiger partial charge is 0.266 e. The lowest BCUT2D eigenvalue weighted by atomic mass is 10.1. The second-order valence-electron chi connectivity index (χ2n) is 6.86. The number of ketones is 1. The van der Waals surface area contributed by atoms with E-state index in [0.29, 0.717) is 33.0 Å². The summed E-state index contributed by atoms with van der Waals surface area (Å²) >= 11 is 0. The predicted molar refractivity (Wildman–Crippen MR) is 109 cm³/mol. The molecule has 5 heteroatoms. The van der Waals surface area contributed by atoms with Gasteiger partial charge in [0.1, 0.15) is 0 Å². The van der Waals surface area contributed by atoms with E-state index in [9.17, 15) is 9.59 Å². The van der Waals surface area contributed by atoms with Gasteiger partial charge in [-0.1, -0.05) is 42.5 Å². The maximum atomic E-state index is 13.2. The van der Waals surface area contributed by atoms with Crippen molar-refractivity contribution >= 4 is 44.6 Å². The van der Waals surface area contributed by atoms with Crippen molar-refractivity contribution in [2.45, 2.75) is 0 Å². The first-order valence-electron chi connectivity index (χ1n) is 9.01. The van der Waals surface area contributed by atoms with Crippen molar-refractivity contribution in [3.05, 3.63) is 93.9 Å². The summed E-state index contributed by atoms with van der Waals surface area (Å²) in [6.07, 6.45) is 0. The molecule has 0 radical (unpaired) electrons. The SMILES string of the molecule is O=C1/C(=c2\c3ccccc3n3c(=O)c4ccccc4nc23)Nc2ccccc21. The molecule has 0 amide bonds. The van der Waals surface area contributed by atoms with Crippen molar-refractivity contribution in [2.24, 2.45) is 0 Å². The van der Waals surface area contributed by atoms with Gasteiger partial charge in [-0.2, -0.15) is 0 Å². The summed E-state index contributed by atoms with van der Waals surface area (Å²) in [7, 11) is 0. The highest BCUT2D eigenvalue weighted by Gasteiger charge is 2.27. The van der Waals surface area contributed by atoms with Crippen LogP contribution in [-0.2, 0) is 0 Å². The Hall–Kier alpha value is -3.99. The van der Waals surface area contributed by atoms with Crippen LogP contribution < -0.4 is 16.1 Å². The molecule has 5 nitrogen and oxygen atoms in total. The number of nitrogens with zero attached hydrogens (tertiary/aromatic N) is 2. The van der Waals surface area contributed by atoms with Crippen LogP contribution >= 0.6 is 0 Å². The van der Waals surface area contributed by atoms with Gasteiger partial charge in [-0.15, -0.1) is 0 Å². The van der Waals surface area contributed by atoms with Gasteiger partial charge in [0.25, 0.3) is 5.56 Å². The molecule has 2 aromatic heterocycles. The zero-order valence-electron chi connectivity index (χ0n) is 14.6. The maximum Gasteiger partial charge on any atom is 0.266 e. The number of fused-ring (bicyclic) bond motifs is 5. The van der Waals surface area contributed by atoms with E-state index in [1.54, 1.807) is 16.5 Å². The van der Waals surface area contributed by atoms with Crippen molar-refractivity contribution in [3.8, 4) is 0 Å². The van der Waals surface area contributed by atoms with Gasteiger partial charge < -0.3 is 5.32 Å². The average molecular weight is 363 g/mol. The Morgan fingerprint density at radius 2 is 1.50 bits per heavy atom. The van der Waals surface area contributed by atoms with E-state index in [2.05, 4.69) is 5.32 Å². The molecule has 0 spiro atoms. The quantitative estimate of drug-likeness (QED) is 0.459. The number of rotatable bonds is 0. The Morgan fingerprint density at radius 3 is 2.36 bits per heavy atom. The second kappa shape index (κ2) is 5.27. The number of hydrogen-bond acceptors (Lipinski definition) is 4. The predicted octanol–water partition coefficient (Wildman–Crippen LogP) is 3.14. The van der Waals surface area contributed by atoms with Crippen molar-refractivity contribution in [2.75, 3.05) is 5.32 Å². The van der Waals surface area contributed by atoms with Crippen molar-refractivity contribution < 1.29 is 4.79 Å². The fraction of sp³-hybridized carbons (Fsp3) is 0. The highest BCUT2D eigenvalue weighted by Crippen LogP contribution is 2.28. The summed E-state index contributed by atoms with van der Waals surface area (Å²) in [5.74, 6) is -0.0868. The number of aromatic nitrogens is 2. The number of anilines is 1. The van der Waals surface area contributed by atoms with Gasteiger partial charge in [0, 0.05) is 16.6 Å². The minimum atomic E-state index is -0.133. The molecule has 0 aliphatic carbocycles. The van der Waals surface area contributed by atoms with E-state index >= 15 is 0 Å². The average Bonchev–Trinajstić information content (AvgIpc) is 3.23. The van der Waals surface area contributed by atoms with Gasteiger partial charge in [-0.3, -0.25) is 14.0 Å². The molecule has 6 rings (SSSR count). The number of Topliss-reactive ketones (excluding diaryl/α,β-unsaturated/α-hetero) is 1. The highest BCUT2D eigenvalue weighted by molar-refractivity contribution is 6.34. The van der Waals surface area contributed by atoms with Gasteiger partial charge in [0.05, 0.1) is 27.3 Å². The summed E-state index contributed by atoms with van der Waals surface area (Å²) < 4.78 is 1.61. The summed E-state index contributed by atoms with van der Waals surface area (Å²) in [6, 6.07) is 22.3. The summed E-state index contributed by atoms with van der Waals surface area (Å²) in [6.45, 7) is 0. The van der Waals surface area contributed by atoms with Crippen LogP contribution in [0.2, 0.25) is 0 Å². The first-order chi connectivity index (χ1) is 13.7. The molecular formula is C23H13N3O2. The van der Waals surface area contributed by atoms with Crippen LogP contribution in [0.25, 0.3) is 33.2 Å². The van der Waals surface area contributed by atoms with Crippen LogP contribution in [0.4, 0.5) is 5.69 Å². The van der Waals surface area contributed by atoms with E-state index in [-0.39, 0.29) is 11.3 Å². The molecule has 1 aliphatic heterocycles. The van der Waals surface area contributed by atoms with Gasteiger partial charge in [-0.05, 0) is 30.3 Å². The number of carbonyl (C=O) groups excluding carboxylic acids is 1. The van der Waals surface area contributed by atoms with Crippen LogP contribution in [0.5, 0.6) is 0 Å². The molecule has 0 atom stereocenters. The van der Waals surface area contributed by atoms with E-state index in [1.165, 1.54) is 0 Å². The summed E-state index contributed by atoms with van der Waals surface area (Å²) in [4.78, 5) is 31.1. The second-order valence-corrected chi connectivity index (χ2v) is 6.86. The molecule has 28 heavy (non-hydrogen) atoms. The number of para-hydroxylation sites is 3. The first kappa shape index (κ1) is 15.1. The Labute approximate surface area is 158 Å². The molecule has 1 N–H and O–H groups in total. The van der Waals surface area contributed by atoms with Crippen LogP contribution in [0, 0.1) is 0 Å². The minimum Gasteiger partial charge on any atom is -0.351 e. The molecule has 0 saturated carbocycles. The number of hydrogen-bond donors (Lipinski definition) is 1. The monoisotopic (exact) mass is 363 g/mol. The Morgan fingerprint density at radius 1 is 0.786 bits per heavy atom. The molecule has 5 aromatic rings. The van der Waals surface area contributed by atoms with Crippen LogP contribution in [0.15, 0.2) is 77.6 Å². The third-order valence-corrected chi connectivity index (χ3v) is 5.32. The van der Waals surface area contributed by atoms with Crippen molar-refractivity contribution in [1.29, 1.82) is 0 Å². The molecule has 0 unspecified atom stereocenters. The topological polar surface area (TPSA) is 63.5 Å². The van der Waals surface area contributed by atoms with E-state index in [4.69, 9.17) is 4.98 Å². The zero-order chi connectivity index (χ0) is 18.8. The largest absolute Gasteiger partial charge is 0.351 e. The first-order valence-corrected chi connectivity index (χ1v) is 9.01. The highest BCUT2D eigenvalue weighted by atomic mass is 16.1. The summed E-state index contributed by atoms with van der Waals surface area (Å²) in [5, 5.41) is 5.30. The van der Waals surface area contributed by atoms with Gasteiger partial charge >= 0.3 is 0 Å². The third-order valence-electron chi connectivity index (χ3n) is 5.32. The van der Waals surface area contributed by atoms with Gasteiger partial charge in [-0.25, -0.2) is 4.98 Å². The molecule has 132 valence electrons. The molecule has 3 heterocycles. The van der Waals surface area contributed by atoms with E-state index in [0.717, 1.165) is 16.6 Å². The molecule has 0 bridgehead atoms. The van der Waals surface area contributed by atoms with Crippen molar-refractivity contribution in [1.82, 2.24) is 9.38 Å². The fourth-order valence-electron chi connectivity index (χ4n) is 4.06. The molecule has 3 aromatic carbocycles. The molecule has 0 saturated heterocycles. The molecule has 0 fully saturated rings. The number of carbonyl (C=O) groups is 1. The lowest BCUT2D eigenvalue weighted by molar-refractivity contribution is 0.106. The Balaban J connectivity index is 1.89. The fourth-order valence-corrected chi connectivity index (χ4v) is 4.06. The Kier molecular flexibility index (Phi) is 2.84. The van der Waals surface area contributed by atoms with Crippen LogP contribution in [-0.4, -0.2) is 15.2 Å². The van der Waals surface area contributed by atoms with Gasteiger partial charge in [0.2, 0.25) is 5.78 Å². The van der Waals surface area contributed by atoms with Gasteiger partial charge in [0.15, 0.2) is 5.65 Å². The maximum absolute atomic E-state index is 13.2. The standard InChI is InChI=1S/C23H13N3O2/c27-21-13-7-1-4-10-16(13)24-20(21)19-15-9-3-6-12-18(15)26-22(19)25-17-11-5-2-8-14(17)23(26)28/h1-12,24H/b20-19-. The lowest BCUT2D eigenvalue weighted by Crippen LogP contribution is -2.19. The number of benzene rings is 3. The lowest BCUT2D eigenvalue weighted by Gasteiger charge is -2.00. The van der Waals surface area contributed by atoms with E-state index in [1.807, 2.05) is 60.7 Å². The van der Waals surface area contributed by atoms with Crippen LogP contribution in [0.1, 0.15) is 10.4 Å². The van der Waals surface area contributed by atoms with Crippen LogP contribution in [0.3, 0.4) is 0 Å². The molecule has 1 aliphatic rings. The van der Waals surface area contributed by atoms with Crippen molar-refractivity contribution in [3.63, 3.8) is 0 Å². The van der Waals surface area contributed by atoms with E-state index < -0.39 is 0 Å². The molecular weight excluding hydrogens is 350 g/mol. The Bertz CT molecular complexity index is 1580.